The first-order valence-corrected chi connectivity index (χ1v) is 9.77. The SMILES string of the molecule is COc1cc(Cl)cc(CNc2ccc3c(c2)OCCO3)c1OCc1ccccc1. The van der Waals surface area contributed by atoms with Crippen LogP contribution in [0, 0.1) is 0 Å². The molecule has 150 valence electrons. The normalized spacial score (nSPS) is 12.3. The second-order valence-corrected chi connectivity index (χ2v) is 7.02. The molecule has 0 bridgehead atoms. The summed E-state index contributed by atoms with van der Waals surface area (Å²) in [6, 6.07) is 19.4. The molecule has 0 unspecified atom stereocenters. The Morgan fingerprint density at radius 2 is 1.76 bits per heavy atom. The van der Waals surface area contributed by atoms with Gasteiger partial charge in [0.1, 0.15) is 19.8 Å². The van der Waals surface area contributed by atoms with Crippen LogP contribution in [-0.2, 0) is 13.2 Å². The number of rotatable bonds is 7. The number of ether oxygens (including phenoxy) is 4. The highest BCUT2D eigenvalue weighted by Gasteiger charge is 2.15. The van der Waals surface area contributed by atoms with Crippen LogP contribution in [0.2, 0.25) is 5.02 Å². The van der Waals surface area contributed by atoms with Gasteiger partial charge in [0, 0.05) is 35.0 Å². The molecule has 3 aromatic carbocycles. The second-order valence-electron chi connectivity index (χ2n) is 6.58. The molecule has 1 N–H and O–H groups in total. The summed E-state index contributed by atoms with van der Waals surface area (Å²) in [6.07, 6.45) is 0. The largest absolute Gasteiger partial charge is 0.493 e. The van der Waals surface area contributed by atoms with Gasteiger partial charge in [-0.1, -0.05) is 41.9 Å². The van der Waals surface area contributed by atoms with Crippen molar-refractivity contribution in [3.8, 4) is 23.0 Å². The van der Waals surface area contributed by atoms with E-state index in [4.69, 9.17) is 30.5 Å². The molecular formula is C23H22ClNO4. The summed E-state index contributed by atoms with van der Waals surface area (Å²) in [5.41, 5.74) is 2.90. The molecule has 1 aliphatic rings. The van der Waals surface area contributed by atoms with Gasteiger partial charge >= 0.3 is 0 Å². The first kappa shape index (κ1) is 19.3. The Balaban J connectivity index is 1.53. The van der Waals surface area contributed by atoms with Crippen LogP contribution < -0.4 is 24.3 Å². The van der Waals surface area contributed by atoms with E-state index in [1.54, 1.807) is 13.2 Å². The molecule has 4 rings (SSSR count). The zero-order valence-electron chi connectivity index (χ0n) is 16.1. The Morgan fingerprint density at radius 1 is 0.966 bits per heavy atom. The molecule has 1 aliphatic heterocycles. The van der Waals surface area contributed by atoms with Crippen molar-refractivity contribution in [1.82, 2.24) is 0 Å². The van der Waals surface area contributed by atoms with Gasteiger partial charge in [-0.15, -0.1) is 0 Å². The number of fused-ring (bicyclic) bond motifs is 1. The molecular weight excluding hydrogens is 390 g/mol. The third-order valence-electron chi connectivity index (χ3n) is 4.57. The van der Waals surface area contributed by atoms with Crippen LogP contribution in [0.25, 0.3) is 0 Å². The zero-order valence-corrected chi connectivity index (χ0v) is 16.9. The van der Waals surface area contributed by atoms with E-state index in [2.05, 4.69) is 5.32 Å². The minimum Gasteiger partial charge on any atom is -0.493 e. The monoisotopic (exact) mass is 411 g/mol. The molecule has 0 atom stereocenters. The summed E-state index contributed by atoms with van der Waals surface area (Å²) in [7, 11) is 1.61. The molecule has 0 fully saturated rings. The van der Waals surface area contributed by atoms with Crippen LogP contribution in [0.1, 0.15) is 11.1 Å². The Kier molecular flexibility index (Phi) is 5.96. The average molecular weight is 412 g/mol. The van der Waals surface area contributed by atoms with Gasteiger partial charge < -0.3 is 24.3 Å². The lowest BCUT2D eigenvalue weighted by Crippen LogP contribution is -2.15. The van der Waals surface area contributed by atoms with Gasteiger partial charge in [0.05, 0.1) is 7.11 Å². The molecule has 0 saturated heterocycles. The maximum atomic E-state index is 6.29. The van der Waals surface area contributed by atoms with Crippen LogP contribution in [0.15, 0.2) is 60.7 Å². The van der Waals surface area contributed by atoms with E-state index in [-0.39, 0.29) is 0 Å². The summed E-state index contributed by atoms with van der Waals surface area (Å²) in [4.78, 5) is 0. The minimum atomic E-state index is 0.440. The van der Waals surface area contributed by atoms with Crippen LogP contribution in [0.3, 0.4) is 0 Å². The molecule has 3 aromatic rings. The van der Waals surface area contributed by atoms with Crippen LogP contribution in [-0.4, -0.2) is 20.3 Å². The van der Waals surface area contributed by atoms with Crippen molar-refractivity contribution in [3.63, 3.8) is 0 Å². The number of benzene rings is 3. The summed E-state index contributed by atoms with van der Waals surface area (Å²) < 4.78 is 22.8. The summed E-state index contributed by atoms with van der Waals surface area (Å²) in [5.74, 6) is 2.78. The maximum Gasteiger partial charge on any atom is 0.166 e. The Bertz CT molecular complexity index is 978. The van der Waals surface area contributed by atoms with Gasteiger partial charge in [0.2, 0.25) is 0 Å². The molecule has 1 heterocycles. The lowest BCUT2D eigenvalue weighted by Gasteiger charge is -2.20. The fourth-order valence-corrected chi connectivity index (χ4v) is 3.38. The van der Waals surface area contributed by atoms with E-state index in [1.807, 2.05) is 54.6 Å². The van der Waals surface area contributed by atoms with Crippen LogP contribution in [0.5, 0.6) is 23.0 Å². The first-order chi connectivity index (χ1) is 14.2. The third-order valence-corrected chi connectivity index (χ3v) is 4.79. The molecule has 0 saturated carbocycles. The molecule has 0 radical (unpaired) electrons. The van der Waals surface area contributed by atoms with Crippen molar-refractivity contribution in [1.29, 1.82) is 0 Å². The fourth-order valence-electron chi connectivity index (χ4n) is 3.15. The highest BCUT2D eigenvalue weighted by Crippen LogP contribution is 2.37. The van der Waals surface area contributed by atoms with Gasteiger partial charge in [-0.3, -0.25) is 0 Å². The van der Waals surface area contributed by atoms with E-state index < -0.39 is 0 Å². The second kappa shape index (κ2) is 8.97. The summed E-state index contributed by atoms with van der Waals surface area (Å²) in [5, 5.41) is 3.99. The number of hydrogen-bond acceptors (Lipinski definition) is 5. The third kappa shape index (κ3) is 4.69. The predicted octanol–water partition coefficient (Wildman–Crippen LogP) is 5.31. The quantitative estimate of drug-likeness (QED) is 0.570. The van der Waals surface area contributed by atoms with Crippen molar-refractivity contribution in [2.45, 2.75) is 13.2 Å². The maximum absolute atomic E-state index is 6.29. The molecule has 6 heteroatoms. The van der Waals surface area contributed by atoms with Crippen LogP contribution >= 0.6 is 11.6 Å². The number of halogens is 1. The van der Waals surface area contributed by atoms with E-state index in [0.717, 1.165) is 28.3 Å². The Labute approximate surface area is 175 Å². The standard InChI is InChI=1S/C23H22ClNO4/c1-26-22-12-18(24)11-17(23(22)29-15-16-5-3-2-4-6-16)14-25-19-7-8-20-21(13-19)28-10-9-27-20/h2-8,11-13,25H,9-10,14-15H2,1H3. The lowest BCUT2D eigenvalue weighted by atomic mass is 10.1. The van der Waals surface area contributed by atoms with Crippen LogP contribution in [0.4, 0.5) is 5.69 Å². The molecule has 0 amide bonds. The van der Waals surface area contributed by atoms with Crippen molar-refractivity contribution < 1.29 is 18.9 Å². The highest BCUT2D eigenvalue weighted by molar-refractivity contribution is 6.30. The van der Waals surface area contributed by atoms with E-state index >= 15 is 0 Å². The zero-order chi connectivity index (χ0) is 20.1. The van der Waals surface area contributed by atoms with Gasteiger partial charge in [0.25, 0.3) is 0 Å². The van der Waals surface area contributed by atoms with E-state index in [1.165, 1.54) is 0 Å². The summed E-state index contributed by atoms with van der Waals surface area (Å²) >= 11 is 6.29. The van der Waals surface area contributed by atoms with Gasteiger partial charge in [-0.25, -0.2) is 0 Å². The molecule has 5 nitrogen and oxygen atoms in total. The highest BCUT2D eigenvalue weighted by atomic mass is 35.5. The van der Waals surface area contributed by atoms with Crippen molar-refractivity contribution >= 4 is 17.3 Å². The average Bonchev–Trinajstić information content (AvgIpc) is 2.77. The van der Waals surface area contributed by atoms with E-state index in [9.17, 15) is 0 Å². The van der Waals surface area contributed by atoms with E-state index in [0.29, 0.717) is 42.9 Å². The number of methoxy groups -OCH3 is 1. The van der Waals surface area contributed by atoms with Gasteiger partial charge in [-0.05, 0) is 23.8 Å². The lowest BCUT2D eigenvalue weighted by molar-refractivity contribution is 0.171. The predicted molar refractivity (Wildman–Crippen MR) is 114 cm³/mol. The van der Waals surface area contributed by atoms with Gasteiger partial charge in [0.15, 0.2) is 23.0 Å². The van der Waals surface area contributed by atoms with Crippen molar-refractivity contribution in [2.75, 3.05) is 25.6 Å². The Morgan fingerprint density at radius 3 is 2.55 bits per heavy atom. The molecule has 0 aromatic heterocycles. The van der Waals surface area contributed by atoms with Crippen molar-refractivity contribution in [3.05, 3.63) is 76.8 Å². The molecule has 0 spiro atoms. The number of hydrogen-bond donors (Lipinski definition) is 1. The summed E-state index contributed by atoms with van der Waals surface area (Å²) in [6.45, 7) is 2.08. The fraction of sp³-hybridized carbons (Fsp3) is 0.217. The topological polar surface area (TPSA) is 49.0 Å². The number of nitrogens with one attached hydrogen (secondary N) is 1. The van der Waals surface area contributed by atoms with Crippen molar-refractivity contribution in [2.24, 2.45) is 0 Å². The smallest absolute Gasteiger partial charge is 0.166 e. The molecule has 29 heavy (non-hydrogen) atoms. The minimum absolute atomic E-state index is 0.440. The molecule has 0 aliphatic carbocycles. The number of anilines is 1. The Hall–Kier alpha value is -3.05. The van der Waals surface area contributed by atoms with Gasteiger partial charge in [-0.2, -0.15) is 0 Å². The first-order valence-electron chi connectivity index (χ1n) is 9.39.